The molecule has 2 heterocycles. The van der Waals surface area contributed by atoms with Crippen molar-refractivity contribution in [3.8, 4) is 11.3 Å². The van der Waals surface area contributed by atoms with Crippen LogP contribution >= 0.6 is 0 Å². The Morgan fingerprint density at radius 2 is 1.77 bits per heavy atom. The van der Waals surface area contributed by atoms with Crippen molar-refractivity contribution in [2.75, 3.05) is 18.0 Å². The lowest BCUT2D eigenvalue weighted by Gasteiger charge is -2.41. The molecule has 0 saturated heterocycles. The van der Waals surface area contributed by atoms with E-state index in [0.29, 0.717) is 5.95 Å². The molecular formula is C24H25F2N5. The van der Waals surface area contributed by atoms with Crippen LogP contribution in [0.5, 0.6) is 0 Å². The van der Waals surface area contributed by atoms with Crippen LogP contribution in [0.15, 0.2) is 42.7 Å². The minimum absolute atomic E-state index is 0.0708. The molecule has 160 valence electrons. The Morgan fingerprint density at radius 1 is 1.06 bits per heavy atom. The smallest absolute Gasteiger partial charge is 0.225 e. The first-order valence-corrected chi connectivity index (χ1v) is 10.7. The second-order valence-electron chi connectivity index (χ2n) is 9.09. The lowest BCUT2D eigenvalue weighted by molar-refractivity contribution is 0.208. The standard InChI is InChI=1S/C24H25F2N5/c1-4-31(22-27-11-6-12-28-22)14-24-10-9-16(23(24,2)3)15-13-19(29-30-21(15)24)20-17(25)7-5-8-18(20)26/h5-8,11-13,16H,4,9-10,14H2,1-3H3/t16-,24-/m0/s1. The van der Waals surface area contributed by atoms with Gasteiger partial charge in [-0.2, -0.15) is 10.2 Å². The quantitative estimate of drug-likeness (QED) is 0.587. The van der Waals surface area contributed by atoms with Gasteiger partial charge < -0.3 is 4.90 Å². The summed E-state index contributed by atoms with van der Waals surface area (Å²) in [5.41, 5.74) is 1.87. The number of anilines is 1. The van der Waals surface area contributed by atoms with Gasteiger partial charge in [0.2, 0.25) is 5.95 Å². The van der Waals surface area contributed by atoms with Crippen LogP contribution in [0.4, 0.5) is 14.7 Å². The number of likely N-dealkylation sites (N-methyl/N-ethyl adjacent to an activating group) is 1. The van der Waals surface area contributed by atoms with Crippen molar-refractivity contribution >= 4 is 5.95 Å². The normalized spacial score (nSPS) is 23.1. The predicted octanol–water partition coefficient (Wildman–Crippen LogP) is 4.89. The molecule has 2 aliphatic carbocycles. The van der Waals surface area contributed by atoms with Crippen LogP contribution in [0.25, 0.3) is 11.3 Å². The van der Waals surface area contributed by atoms with Crippen molar-refractivity contribution in [2.24, 2.45) is 5.41 Å². The summed E-state index contributed by atoms with van der Waals surface area (Å²) in [6, 6.07) is 7.53. The highest BCUT2D eigenvalue weighted by molar-refractivity contribution is 5.63. The number of rotatable bonds is 5. The van der Waals surface area contributed by atoms with Gasteiger partial charge in [0, 0.05) is 30.9 Å². The Labute approximate surface area is 180 Å². The molecule has 3 aromatic rings. The summed E-state index contributed by atoms with van der Waals surface area (Å²) in [6.45, 7) is 8.14. The van der Waals surface area contributed by atoms with Crippen LogP contribution in [0.3, 0.4) is 0 Å². The fourth-order valence-corrected chi connectivity index (χ4v) is 5.75. The van der Waals surface area contributed by atoms with E-state index < -0.39 is 11.6 Å². The van der Waals surface area contributed by atoms with Crippen LogP contribution in [-0.4, -0.2) is 33.3 Å². The van der Waals surface area contributed by atoms with Gasteiger partial charge in [0.25, 0.3) is 0 Å². The van der Waals surface area contributed by atoms with Crippen molar-refractivity contribution in [1.29, 1.82) is 0 Å². The molecule has 31 heavy (non-hydrogen) atoms. The van der Waals surface area contributed by atoms with E-state index in [0.717, 1.165) is 37.2 Å². The molecule has 7 heteroatoms. The first-order chi connectivity index (χ1) is 14.9. The molecule has 0 amide bonds. The fraction of sp³-hybridized carbons (Fsp3) is 0.417. The second kappa shape index (κ2) is 7.04. The number of nitrogens with zero attached hydrogens (tertiary/aromatic N) is 5. The van der Waals surface area contributed by atoms with E-state index in [1.807, 2.05) is 12.1 Å². The molecule has 0 aliphatic heterocycles. The third kappa shape index (κ3) is 2.78. The van der Waals surface area contributed by atoms with Gasteiger partial charge in [-0.3, -0.25) is 0 Å². The molecule has 5 nitrogen and oxygen atoms in total. The Hall–Kier alpha value is -2.96. The summed E-state index contributed by atoms with van der Waals surface area (Å²) < 4.78 is 28.8. The Bertz CT molecular complexity index is 1110. The van der Waals surface area contributed by atoms with Gasteiger partial charge in [-0.25, -0.2) is 18.7 Å². The van der Waals surface area contributed by atoms with Crippen molar-refractivity contribution in [1.82, 2.24) is 20.2 Å². The number of halogens is 2. The molecule has 0 N–H and O–H groups in total. The average Bonchev–Trinajstić information content (AvgIpc) is 3.12. The molecule has 1 fully saturated rings. The maximum atomic E-state index is 14.4. The van der Waals surface area contributed by atoms with Crippen LogP contribution in [0.1, 0.15) is 50.8 Å². The molecule has 5 rings (SSSR count). The van der Waals surface area contributed by atoms with Crippen LogP contribution in [0.2, 0.25) is 0 Å². The lowest BCUT2D eigenvalue weighted by Crippen LogP contribution is -2.47. The molecule has 1 saturated carbocycles. The lowest BCUT2D eigenvalue weighted by atomic mass is 9.68. The topological polar surface area (TPSA) is 54.8 Å². The summed E-state index contributed by atoms with van der Waals surface area (Å²) >= 11 is 0. The SMILES string of the molecule is CCN(C[C@@]12CC[C@@H](c3cc(-c4c(F)cccc4F)nnc31)C2(C)C)c1ncccn1. The molecular weight excluding hydrogens is 396 g/mol. The molecule has 2 bridgehead atoms. The van der Waals surface area contributed by atoms with Gasteiger partial charge in [-0.15, -0.1) is 0 Å². The van der Waals surface area contributed by atoms with Gasteiger partial charge in [-0.05, 0) is 60.9 Å². The largest absolute Gasteiger partial charge is 0.340 e. The summed E-state index contributed by atoms with van der Waals surface area (Å²) in [4.78, 5) is 11.1. The third-order valence-electron chi connectivity index (χ3n) is 7.51. The van der Waals surface area contributed by atoms with E-state index in [1.165, 1.54) is 18.2 Å². The fourth-order valence-electron chi connectivity index (χ4n) is 5.75. The number of aromatic nitrogens is 4. The Morgan fingerprint density at radius 3 is 2.45 bits per heavy atom. The second-order valence-corrected chi connectivity index (χ2v) is 9.09. The first-order valence-electron chi connectivity index (χ1n) is 10.7. The van der Waals surface area contributed by atoms with Crippen LogP contribution in [0, 0.1) is 17.0 Å². The predicted molar refractivity (Wildman–Crippen MR) is 115 cm³/mol. The van der Waals surface area contributed by atoms with Gasteiger partial charge in [-0.1, -0.05) is 19.9 Å². The number of benzene rings is 1. The first kappa shape index (κ1) is 20.0. The van der Waals surface area contributed by atoms with E-state index in [4.69, 9.17) is 0 Å². The minimum atomic E-state index is -0.621. The summed E-state index contributed by atoms with van der Waals surface area (Å²) in [6.07, 6.45) is 5.51. The summed E-state index contributed by atoms with van der Waals surface area (Å²) in [5, 5.41) is 8.90. The van der Waals surface area contributed by atoms with E-state index >= 15 is 0 Å². The molecule has 2 atom stereocenters. The van der Waals surface area contributed by atoms with Gasteiger partial charge in [0.15, 0.2) is 0 Å². The van der Waals surface area contributed by atoms with E-state index in [1.54, 1.807) is 12.4 Å². The number of hydrogen-bond donors (Lipinski definition) is 0. The highest BCUT2D eigenvalue weighted by atomic mass is 19.1. The zero-order valence-corrected chi connectivity index (χ0v) is 17.9. The zero-order chi connectivity index (χ0) is 21.8. The van der Waals surface area contributed by atoms with Crippen molar-refractivity contribution in [3.05, 3.63) is 65.6 Å². The number of fused-ring (bicyclic) bond motifs is 5. The van der Waals surface area contributed by atoms with Gasteiger partial charge in [0.1, 0.15) is 11.6 Å². The van der Waals surface area contributed by atoms with E-state index in [9.17, 15) is 8.78 Å². The average molecular weight is 421 g/mol. The van der Waals surface area contributed by atoms with Gasteiger partial charge >= 0.3 is 0 Å². The van der Waals surface area contributed by atoms with E-state index in [2.05, 4.69) is 45.8 Å². The Kier molecular flexibility index (Phi) is 4.53. The third-order valence-corrected chi connectivity index (χ3v) is 7.51. The molecule has 2 aliphatic rings. The highest BCUT2D eigenvalue weighted by Crippen LogP contribution is 2.67. The zero-order valence-electron chi connectivity index (χ0n) is 17.9. The van der Waals surface area contributed by atoms with Crippen LogP contribution in [-0.2, 0) is 5.41 Å². The van der Waals surface area contributed by atoms with Crippen molar-refractivity contribution in [3.63, 3.8) is 0 Å². The minimum Gasteiger partial charge on any atom is -0.340 e. The molecule has 0 spiro atoms. The molecule has 0 unspecified atom stereocenters. The number of hydrogen-bond acceptors (Lipinski definition) is 5. The van der Waals surface area contributed by atoms with Crippen LogP contribution < -0.4 is 4.90 Å². The van der Waals surface area contributed by atoms with E-state index in [-0.39, 0.29) is 28.0 Å². The molecule has 1 aromatic carbocycles. The summed E-state index contributed by atoms with van der Waals surface area (Å²) in [5.74, 6) is -0.276. The Balaban J connectivity index is 1.60. The van der Waals surface area contributed by atoms with Gasteiger partial charge in [0.05, 0.1) is 17.0 Å². The molecule has 0 radical (unpaired) electrons. The maximum absolute atomic E-state index is 14.4. The highest BCUT2D eigenvalue weighted by Gasteiger charge is 2.63. The van der Waals surface area contributed by atoms with Crippen molar-refractivity contribution < 1.29 is 8.78 Å². The van der Waals surface area contributed by atoms with Crippen molar-refractivity contribution in [2.45, 2.75) is 44.9 Å². The maximum Gasteiger partial charge on any atom is 0.225 e. The monoisotopic (exact) mass is 421 g/mol. The summed E-state index contributed by atoms with van der Waals surface area (Å²) in [7, 11) is 0. The molecule has 2 aromatic heterocycles.